The summed E-state index contributed by atoms with van der Waals surface area (Å²) in [6.07, 6.45) is -1.49. The topological polar surface area (TPSA) is 90.3 Å². The minimum Gasteiger partial charge on any atom is -0.405 e. The minimum atomic E-state index is -4.86. The summed E-state index contributed by atoms with van der Waals surface area (Å²) in [7, 11) is -3.34. The minimum absolute atomic E-state index is 0.000436. The van der Waals surface area contributed by atoms with Gasteiger partial charge in [-0.1, -0.05) is 43.3 Å². The molecule has 4 aromatic rings. The standard InChI is InChI=1S/C28H26F3N3O4S/c1-3-34-18-20(17-32-34)25-16-21(11-14-23(25)24-7-5-6-8-26(24)38-28(29,30)31)33-27(35)15-19-9-12-22(13-10-19)39(36,37)4-2/h5-14,16-18H,3-4,15H2,1-2H3,(H,33,35). The van der Waals surface area contributed by atoms with Crippen LogP contribution in [0, 0.1) is 0 Å². The number of alkyl halides is 3. The molecule has 204 valence electrons. The second-order valence-corrected chi connectivity index (χ2v) is 10.9. The lowest BCUT2D eigenvalue weighted by molar-refractivity contribution is -0.274. The number of carbonyl (C=O) groups is 1. The van der Waals surface area contributed by atoms with E-state index in [2.05, 4.69) is 15.2 Å². The van der Waals surface area contributed by atoms with Crippen LogP contribution in [-0.2, 0) is 27.6 Å². The number of hydrogen-bond donors (Lipinski definition) is 1. The lowest BCUT2D eigenvalue weighted by Crippen LogP contribution is -2.17. The molecule has 39 heavy (non-hydrogen) atoms. The van der Waals surface area contributed by atoms with Crippen molar-refractivity contribution in [3.8, 4) is 28.0 Å². The van der Waals surface area contributed by atoms with E-state index in [0.717, 1.165) is 0 Å². The first kappa shape index (κ1) is 27.9. The number of aromatic nitrogens is 2. The van der Waals surface area contributed by atoms with Crippen molar-refractivity contribution in [1.29, 1.82) is 0 Å². The highest BCUT2D eigenvalue weighted by Gasteiger charge is 2.32. The third kappa shape index (κ3) is 6.85. The lowest BCUT2D eigenvalue weighted by atomic mass is 9.95. The van der Waals surface area contributed by atoms with Crippen LogP contribution in [-0.4, -0.2) is 36.2 Å². The summed E-state index contributed by atoms with van der Waals surface area (Å²) in [5, 5.41) is 7.09. The zero-order valence-electron chi connectivity index (χ0n) is 21.2. The number of rotatable bonds is 9. The Morgan fingerprint density at radius 2 is 1.69 bits per heavy atom. The molecule has 0 aliphatic rings. The van der Waals surface area contributed by atoms with Crippen molar-refractivity contribution in [3.63, 3.8) is 0 Å². The van der Waals surface area contributed by atoms with Gasteiger partial charge in [-0.3, -0.25) is 9.48 Å². The zero-order chi connectivity index (χ0) is 28.2. The molecule has 0 aliphatic heterocycles. The van der Waals surface area contributed by atoms with Crippen LogP contribution < -0.4 is 10.1 Å². The first-order valence-electron chi connectivity index (χ1n) is 12.1. The van der Waals surface area contributed by atoms with E-state index >= 15 is 0 Å². The molecule has 0 aliphatic carbocycles. The monoisotopic (exact) mass is 557 g/mol. The van der Waals surface area contributed by atoms with Gasteiger partial charge in [-0.15, -0.1) is 13.2 Å². The number of hydrogen-bond acceptors (Lipinski definition) is 5. The fraction of sp³-hybridized carbons (Fsp3) is 0.214. The Labute approximate surface area is 224 Å². The number of halogens is 3. The molecule has 0 bridgehead atoms. The third-order valence-corrected chi connectivity index (χ3v) is 7.75. The number of anilines is 1. The van der Waals surface area contributed by atoms with E-state index in [1.807, 2.05) is 6.92 Å². The van der Waals surface area contributed by atoms with Crippen molar-refractivity contribution in [2.24, 2.45) is 0 Å². The van der Waals surface area contributed by atoms with Gasteiger partial charge in [-0.05, 0) is 53.9 Å². The SMILES string of the molecule is CCn1cc(-c2cc(NC(=O)Cc3ccc(S(=O)(=O)CC)cc3)ccc2-c2ccccc2OC(F)(F)F)cn1. The van der Waals surface area contributed by atoms with Crippen molar-refractivity contribution < 1.29 is 31.1 Å². The number of sulfone groups is 1. The molecule has 11 heteroatoms. The van der Waals surface area contributed by atoms with Crippen molar-refractivity contribution >= 4 is 21.4 Å². The van der Waals surface area contributed by atoms with Gasteiger partial charge in [0.2, 0.25) is 5.91 Å². The summed E-state index contributed by atoms with van der Waals surface area (Å²) in [6, 6.07) is 16.9. The van der Waals surface area contributed by atoms with Crippen molar-refractivity contribution in [2.45, 2.75) is 38.1 Å². The first-order chi connectivity index (χ1) is 18.5. The molecule has 0 fully saturated rings. The molecule has 7 nitrogen and oxygen atoms in total. The maximum Gasteiger partial charge on any atom is 0.573 e. The molecular weight excluding hydrogens is 531 g/mol. The van der Waals surface area contributed by atoms with Gasteiger partial charge < -0.3 is 10.1 Å². The fourth-order valence-corrected chi connectivity index (χ4v) is 4.93. The number of amides is 1. The van der Waals surface area contributed by atoms with Gasteiger partial charge in [0.15, 0.2) is 9.84 Å². The van der Waals surface area contributed by atoms with Crippen LogP contribution in [0.25, 0.3) is 22.3 Å². The maximum absolute atomic E-state index is 13.1. The second kappa shape index (κ2) is 11.3. The molecule has 1 heterocycles. The Morgan fingerprint density at radius 3 is 2.33 bits per heavy atom. The molecule has 1 amide bonds. The van der Waals surface area contributed by atoms with Crippen molar-refractivity contribution in [1.82, 2.24) is 9.78 Å². The summed E-state index contributed by atoms with van der Waals surface area (Å²) < 4.78 is 69.2. The Balaban J connectivity index is 1.65. The smallest absolute Gasteiger partial charge is 0.405 e. The average Bonchev–Trinajstić information content (AvgIpc) is 3.38. The molecule has 0 unspecified atom stereocenters. The van der Waals surface area contributed by atoms with E-state index in [4.69, 9.17) is 0 Å². The van der Waals surface area contributed by atoms with Crippen LogP contribution in [0.2, 0.25) is 0 Å². The number of nitrogens with one attached hydrogen (secondary N) is 1. The van der Waals surface area contributed by atoms with Crippen LogP contribution in [0.1, 0.15) is 19.4 Å². The van der Waals surface area contributed by atoms with Gasteiger partial charge in [0.1, 0.15) is 5.75 Å². The molecule has 1 aromatic heterocycles. The van der Waals surface area contributed by atoms with Crippen molar-refractivity contribution in [3.05, 3.63) is 84.7 Å². The van der Waals surface area contributed by atoms with Gasteiger partial charge in [-0.25, -0.2) is 8.42 Å². The number of aryl methyl sites for hydroxylation is 1. The van der Waals surface area contributed by atoms with Gasteiger partial charge >= 0.3 is 6.36 Å². The maximum atomic E-state index is 13.1. The van der Waals surface area contributed by atoms with E-state index in [9.17, 15) is 26.4 Å². The number of para-hydroxylation sites is 1. The predicted molar refractivity (Wildman–Crippen MR) is 142 cm³/mol. The van der Waals surface area contributed by atoms with Gasteiger partial charge in [0, 0.05) is 29.6 Å². The van der Waals surface area contributed by atoms with E-state index < -0.39 is 16.2 Å². The number of benzene rings is 3. The predicted octanol–water partition coefficient (Wildman–Crippen LogP) is 6.11. The van der Waals surface area contributed by atoms with E-state index in [1.54, 1.807) is 60.4 Å². The highest BCUT2D eigenvalue weighted by Crippen LogP contribution is 2.40. The fourth-order valence-electron chi connectivity index (χ4n) is 4.05. The Morgan fingerprint density at radius 1 is 0.974 bits per heavy atom. The molecule has 0 atom stereocenters. The molecular formula is C28H26F3N3O4S. The van der Waals surface area contributed by atoms with Crippen LogP contribution >= 0.6 is 0 Å². The van der Waals surface area contributed by atoms with Gasteiger partial charge in [0.05, 0.1) is 23.3 Å². The average molecular weight is 558 g/mol. The van der Waals surface area contributed by atoms with E-state index in [-0.39, 0.29) is 34.3 Å². The summed E-state index contributed by atoms with van der Waals surface area (Å²) in [4.78, 5) is 13.0. The Bertz CT molecular complexity index is 1580. The quantitative estimate of drug-likeness (QED) is 0.268. The summed E-state index contributed by atoms with van der Waals surface area (Å²) in [5.41, 5.74) is 2.96. The van der Waals surface area contributed by atoms with Crippen molar-refractivity contribution in [2.75, 3.05) is 11.1 Å². The van der Waals surface area contributed by atoms with Gasteiger partial charge in [0.25, 0.3) is 0 Å². The Kier molecular flexibility index (Phi) is 8.10. The number of carbonyl (C=O) groups excluding carboxylic acids is 1. The molecule has 0 saturated carbocycles. The molecule has 1 N–H and O–H groups in total. The zero-order valence-corrected chi connectivity index (χ0v) is 22.0. The summed E-state index contributed by atoms with van der Waals surface area (Å²) in [5.74, 6) is -0.709. The van der Waals surface area contributed by atoms with E-state index in [0.29, 0.717) is 34.5 Å². The number of nitrogens with zero attached hydrogens (tertiary/aromatic N) is 2. The largest absolute Gasteiger partial charge is 0.573 e. The molecule has 0 saturated heterocycles. The summed E-state index contributed by atoms with van der Waals surface area (Å²) in [6.45, 7) is 4.06. The van der Waals surface area contributed by atoms with Gasteiger partial charge in [-0.2, -0.15) is 5.10 Å². The summed E-state index contributed by atoms with van der Waals surface area (Å²) >= 11 is 0. The van der Waals surface area contributed by atoms with Crippen LogP contribution in [0.5, 0.6) is 5.75 Å². The normalized spacial score (nSPS) is 11.8. The lowest BCUT2D eigenvalue weighted by Gasteiger charge is -2.16. The first-order valence-corrected chi connectivity index (χ1v) is 13.8. The van der Waals surface area contributed by atoms with Crippen LogP contribution in [0.3, 0.4) is 0 Å². The highest BCUT2D eigenvalue weighted by atomic mass is 32.2. The second-order valence-electron chi connectivity index (χ2n) is 8.66. The van der Waals surface area contributed by atoms with Crippen LogP contribution in [0.4, 0.5) is 18.9 Å². The highest BCUT2D eigenvalue weighted by molar-refractivity contribution is 7.91. The number of ether oxygens (including phenoxy) is 1. The van der Waals surface area contributed by atoms with E-state index in [1.165, 1.54) is 30.3 Å². The Hall–Kier alpha value is -4.12. The molecule has 3 aromatic carbocycles. The third-order valence-electron chi connectivity index (χ3n) is 6.00. The molecule has 0 radical (unpaired) electrons. The molecule has 4 rings (SSSR count). The van der Waals surface area contributed by atoms with Crippen LogP contribution in [0.15, 0.2) is 84.0 Å². The molecule has 0 spiro atoms.